The summed E-state index contributed by atoms with van der Waals surface area (Å²) in [4.78, 5) is 4.37. The predicted molar refractivity (Wildman–Crippen MR) is 74.0 cm³/mol. The number of benzene rings is 1. The molecule has 4 heteroatoms. The lowest BCUT2D eigenvalue weighted by atomic mass is 10.0. The smallest absolute Gasteiger partial charge is 0.127 e. The van der Waals surface area contributed by atoms with Gasteiger partial charge in [-0.15, -0.1) is 0 Å². The standard InChI is InChI=1S/C14H24FN3/c1-17(2)10-11-18(3)9-8-14(16)12-6-4-5-7-13(12)15/h4-7,14H,8-11,16H2,1-3H3. The predicted octanol–water partition coefficient (Wildman–Crippen LogP) is 1.71. The van der Waals surface area contributed by atoms with Crippen molar-refractivity contribution in [1.82, 2.24) is 9.80 Å². The van der Waals surface area contributed by atoms with Crippen molar-refractivity contribution in [2.45, 2.75) is 12.5 Å². The number of nitrogens with two attached hydrogens (primary N) is 1. The van der Waals surface area contributed by atoms with Crippen molar-refractivity contribution >= 4 is 0 Å². The van der Waals surface area contributed by atoms with Gasteiger partial charge in [0.05, 0.1) is 0 Å². The van der Waals surface area contributed by atoms with E-state index in [1.165, 1.54) is 6.07 Å². The minimum atomic E-state index is -0.229. The largest absolute Gasteiger partial charge is 0.324 e. The first-order valence-corrected chi connectivity index (χ1v) is 6.34. The van der Waals surface area contributed by atoms with Crippen molar-refractivity contribution in [3.63, 3.8) is 0 Å². The molecule has 0 amide bonds. The molecule has 0 fully saturated rings. The summed E-state index contributed by atoms with van der Waals surface area (Å²) < 4.78 is 13.5. The van der Waals surface area contributed by atoms with Crippen LogP contribution in [0.5, 0.6) is 0 Å². The normalized spacial score (nSPS) is 13.3. The molecule has 3 nitrogen and oxygen atoms in total. The van der Waals surface area contributed by atoms with E-state index < -0.39 is 0 Å². The van der Waals surface area contributed by atoms with E-state index in [-0.39, 0.29) is 11.9 Å². The van der Waals surface area contributed by atoms with E-state index >= 15 is 0 Å². The summed E-state index contributed by atoms with van der Waals surface area (Å²) in [7, 11) is 6.18. The van der Waals surface area contributed by atoms with Crippen LogP contribution >= 0.6 is 0 Å². The van der Waals surface area contributed by atoms with Crippen molar-refractivity contribution in [3.8, 4) is 0 Å². The highest BCUT2D eigenvalue weighted by Gasteiger charge is 2.11. The van der Waals surface area contributed by atoms with Gasteiger partial charge in [-0.1, -0.05) is 18.2 Å². The topological polar surface area (TPSA) is 32.5 Å². The Morgan fingerprint density at radius 1 is 1.11 bits per heavy atom. The summed E-state index contributed by atoms with van der Waals surface area (Å²) in [5, 5.41) is 0. The quantitative estimate of drug-likeness (QED) is 0.803. The minimum Gasteiger partial charge on any atom is -0.324 e. The first-order chi connectivity index (χ1) is 8.50. The van der Waals surface area contributed by atoms with Crippen LogP contribution < -0.4 is 5.73 Å². The van der Waals surface area contributed by atoms with Gasteiger partial charge in [0.1, 0.15) is 5.82 Å². The average molecular weight is 253 g/mol. The fraction of sp³-hybridized carbons (Fsp3) is 0.571. The first kappa shape index (κ1) is 15.1. The molecular weight excluding hydrogens is 229 g/mol. The Balaban J connectivity index is 2.37. The lowest BCUT2D eigenvalue weighted by Crippen LogP contribution is -2.30. The highest BCUT2D eigenvalue weighted by Crippen LogP contribution is 2.17. The van der Waals surface area contributed by atoms with E-state index in [4.69, 9.17) is 5.73 Å². The van der Waals surface area contributed by atoms with Gasteiger partial charge in [0.2, 0.25) is 0 Å². The Kier molecular flexibility index (Phi) is 6.25. The SMILES string of the molecule is CN(C)CCN(C)CCC(N)c1ccccc1F. The van der Waals surface area contributed by atoms with Gasteiger partial charge >= 0.3 is 0 Å². The third-order valence-corrected chi connectivity index (χ3v) is 3.06. The van der Waals surface area contributed by atoms with Crippen molar-refractivity contribution < 1.29 is 4.39 Å². The molecule has 0 saturated carbocycles. The van der Waals surface area contributed by atoms with Crippen LogP contribution in [0, 0.1) is 5.82 Å². The summed E-state index contributed by atoms with van der Waals surface area (Å²) >= 11 is 0. The second-order valence-electron chi connectivity index (χ2n) is 5.02. The maximum Gasteiger partial charge on any atom is 0.127 e. The number of rotatable bonds is 7. The Morgan fingerprint density at radius 2 is 1.78 bits per heavy atom. The van der Waals surface area contributed by atoms with Crippen LogP contribution in [0.3, 0.4) is 0 Å². The van der Waals surface area contributed by atoms with Crippen molar-refractivity contribution in [3.05, 3.63) is 35.6 Å². The lowest BCUT2D eigenvalue weighted by molar-refractivity contribution is 0.273. The van der Waals surface area contributed by atoms with Gasteiger partial charge in [0.15, 0.2) is 0 Å². The fourth-order valence-corrected chi connectivity index (χ4v) is 1.77. The minimum absolute atomic E-state index is 0.207. The molecule has 1 rings (SSSR count). The summed E-state index contributed by atoms with van der Waals surface area (Å²) in [5.41, 5.74) is 6.63. The molecule has 0 bridgehead atoms. The number of likely N-dealkylation sites (N-methyl/N-ethyl adjacent to an activating group) is 2. The molecule has 0 aliphatic carbocycles. The van der Waals surface area contributed by atoms with Gasteiger partial charge in [0.25, 0.3) is 0 Å². The third kappa shape index (κ3) is 5.12. The molecule has 0 aromatic heterocycles. The number of nitrogens with zero attached hydrogens (tertiary/aromatic N) is 2. The van der Waals surface area contributed by atoms with Crippen LogP contribution in [0.1, 0.15) is 18.0 Å². The third-order valence-electron chi connectivity index (χ3n) is 3.06. The summed E-state index contributed by atoms with van der Waals surface area (Å²) in [6.07, 6.45) is 0.769. The van der Waals surface area contributed by atoms with E-state index in [2.05, 4.69) is 30.9 Å². The Morgan fingerprint density at radius 3 is 2.39 bits per heavy atom. The zero-order valence-corrected chi connectivity index (χ0v) is 11.6. The molecule has 0 aliphatic heterocycles. The molecule has 1 aromatic carbocycles. The van der Waals surface area contributed by atoms with Gasteiger partial charge < -0.3 is 15.5 Å². The monoisotopic (exact) mass is 253 g/mol. The molecule has 0 aliphatic rings. The average Bonchev–Trinajstić information content (AvgIpc) is 2.34. The van der Waals surface area contributed by atoms with E-state index in [1.807, 2.05) is 6.07 Å². The Bertz CT molecular complexity index is 355. The van der Waals surface area contributed by atoms with E-state index in [0.29, 0.717) is 5.56 Å². The van der Waals surface area contributed by atoms with Crippen molar-refractivity contribution in [2.24, 2.45) is 5.73 Å². The first-order valence-electron chi connectivity index (χ1n) is 6.34. The zero-order valence-electron chi connectivity index (χ0n) is 11.6. The van der Waals surface area contributed by atoms with Gasteiger partial charge in [-0.05, 0) is 40.2 Å². The molecule has 2 N–H and O–H groups in total. The van der Waals surface area contributed by atoms with Crippen LogP contribution in [0.25, 0.3) is 0 Å². The maximum atomic E-state index is 13.5. The molecule has 0 saturated heterocycles. The van der Waals surface area contributed by atoms with Gasteiger partial charge in [-0.25, -0.2) is 4.39 Å². The van der Waals surface area contributed by atoms with Crippen molar-refractivity contribution in [1.29, 1.82) is 0 Å². The maximum absolute atomic E-state index is 13.5. The van der Waals surface area contributed by atoms with Crippen LogP contribution in [0.2, 0.25) is 0 Å². The second kappa shape index (κ2) is 7.46. The van der Waals surface area contributed by atoms with Crippen molar-refractivity contribution in [2.75, 3.05) is 40.8 Å². The molecule has 1 atom stereocenters. The Hall–Kier alpha value is -0.970. The molecule has 18 heavy (non-hydrogen) atoms. The van der Waals surface area contributed by atoms with E-state index in [0.717, 1.165) is 26.1 Å². The Labute approximate surface area is 109 Å². The molecule has 0 spiro atoms. The molecule has 1 aromatic rings. The molecule has 0 radical (unpaired) electrons. The summed E-state index contributed by atoms with van der Waals surface area (Å²) in [5.74, 6) is -0.207. The summed E-state index contributed by atoms with van der Waals surface area (Å²) in [6.45, 7) is 2.89. The molecule has 0 heterocycles. The van der Waals surface area contributed by atoms with Crippen LogP contribution in [-0.4, -0.2) is 50.6 Å². The summed E-state index contributed by atoms with van der Waals surface area (Å²) in [6, 6.07) is 6.51. The van der Waals surface area contributed by atoms with Crippen LogP contribution in [0.15, 0.2) is 24.3 Å². The molecule has 102 valence electrons. The zero-order chi connectivity index (χ0) is 13.5. The second-order valence-corrected chi connectivity index (χ2v) is 5.02. The van der Waals surface area contributed by atoms with Crippen LogP contribution in [0.4, 0.5) is 4.39 Å². The number of hydrogen-bond donors (Lipinski definition) is 1. The highest BCUT2D eigenvalue weighted by molar-refractivity contribution is 5.20. The fourth-order valence-electron chi connectivity index (χ4n) is 1.77. The molecule has 1 unspecified atom stereocenters. The number of halogens is 1. The highest BCUT2D eigenvalue weighted by atomic mass is 19.1. The van der Waals surface area contributed by atoms with Gasteiger partial charge in [0, 0.05) is 24.7 Å². The lowest BCUT2D eigenvalue weighted by Gasteiger charge is -2.21. The number of hydrogen-bond acceptors (Lipinski definition) is 3. The van der Waals surface area contributed by atoms with E-state index in [1.54, 1.807) is 12.1 Å². The van der Waals surface area contributed by atoms with Crippen LogP contribution in [-0.2, 0) is 0 Å². The van der Waals surface area contributed by atoms with Gasteiger partial charge in [-0.2, -0.15) is 0 Å². The van der Waals surface area contributed by atoms with E-state index in [9.17, 15) is 4.39 Å². The molecular formula is C14H24FN3. The van der Waals surface area contributed by atoms with Gasteiger partial charge in [-0.3, -0.25) is 0 Å².